The number of anilines is 1. The molecule has 2 aromatic carbocycles. The van der Waals surface area contributed by atoms with E-state index in [1.54, 1.807) is 23.8 Å². The van der Waals surface area contributed by atoms with Gasteiger partial charge in [0, 0.05) is 16.6 Å². The van der Waals surface area contributed by atoms with Crippen molar-refractivity contribution in [2.24, 2.45) is 0 Å². The van der Waals surface area contributed by atoms with Gasteiger partial charge in [-0.05, 0) is 37.1 Å². The van der Waals surface area contributed by atoms with Crippen molar-refractivity contribution in [2.75, 3.05) is 18.2 Å². The van der Waals surface area contributed by atoms with Crippen LogP contribution >= 0.6 is 23.1 Å². The summed E-state index contributed by atoms with van der Waals surface area (Å²) in [6.07, 6.45) is 0. The monoisotopic (exact) mass is 465 g/mol. The number of thiophene rings is 1. The number of fused-ring (bicyclic) bond motifs is 1. The van der Waals surface area contributed by atoms with Crippen molar-refractivity contribution >= 4 is 44.9 Å². The Morgan fingerprint density at radius 1 is 1.16 bits per heavy atom. The largest absolute Gasteiger partial charge is 0.497 e. The van der Waals surface area contributed by atoms with Gasteiger partial charge in [0.15, 0.2) is 5.16 Å². The highest BCUT2D eigenvalue weighted by Crippen LogP contribution is 2.29. The number of methoxy groups -OCH3 is 1. The SMILES string of the molecule is COc1cccc(NC(=O)CSc2nc3sc(C)c(C)c3c(=O)n2Cc2ccccc2)c1. The number of rotatable bonds is 7. The summed E-state index contributed by atoms with van der Waals surface area (Å²) < 4.78 is 6.87. The van der Waals surface area contributed by atoms with Crippen LogP contribution in [0.5, 0.6) is 5.75 Å². The van der Waals surface area contributed by atoms with Gasteiger partial charge in [-0.3, -0.25) is 14.2 Å². The zero-order valence-corrected chi connectivity index (χ0v) is 19.7. The first-order valence-electron chi connectivity index (χ1n) is 10.1. The molecule has 0 fully saturated rings. The number of amides is 1. The Morgan fingerprint density at radius 3 is 2.69 bits per heavy atom. The van der Waals surface area contributed by atoms with E-state index in [4.69, 9.17) is 9.72 Å². The third-order valence-corrected chi connectivity index (χ3v) is 7.20. The van der Waals surface area contributed by atoms with Gasteiger partial charge in [0.2, 0.25) is 5.91 Å². The molecule has 0 aliphatic rings. The highest BCUT2D eigenvalue weighted by atomic mass is 32.2. The van der Waals surface area contributed by atoms with Crippen LogP contribution < -0.4 is 15.6 Å². The topological polar surface area (TPSA) is 73.2 Å². The second kappa shape index (κ2) is 9.58. The average Bonchev–Trinajstić information content (AvgIpc) is 3.08. The summed E-state index contributed by atoms with van der Waals surface area (Å²) in [4.78, 5) is 32.5. The number of thioether (sulfide) groups is 1. The van der Waals surface area contributed by atoms with Crippen LogP contribution in [-0.2, 0) is 11.3 Å². The molecule has 0 bridgehead atoms. The van der Waals surface area contributed by atoms with Gasteiger partial charge in [0.1, 0.15) is 10.6 Å². The Morgan fingerprint density at radius 2 is 1.94 bits per heavy atom. The molecule has 0 saturated carbocycles. The molecule has 1 N–H and O–H groups in total. The lowest BCUT2D eigenvalue weighted by atomic mass is 10.2. The molecule has 0 saturated heterocycles. The second-order valence-electron chi connectivity index (χ2n) is 7.30. The van der Waals surface area contributed by atoms with Gasteiger partial charge < -0.3 is 10.1 Å². The minimum atomic E-state index is -0.178. The second-order valence-corrected chi connectivity index (χ2v) is 9.45. The van der Waals surface area contributed by atoms with E-state index < -0.39 is 0 Å². The average molecular weight is 466 g/mol. The van der Waals surface area contributed by atoms with Crippen molar-refractivity contribution in [3.8, 4) is 5.75 Å². The van der Waals surface area contributed by atoms with Crippen LogP contribution in [0.2, 0.25) is 0 Å². The van der Waals surface area contributed by atoms with Crippen molar-refractivity contribution in [3.63, 3.8) is 0 Å². The number of carbonyl (C=O) groups is 1. The van der Waals surface area contributed by atoms with Crippen molar-refractivity contribution in [1.82, 2.24) is 9.55 Å². The lowest BCUT2D eigenvalue weighted by Gasteiger charge is -2.13. The predicted molar refractivity (Wildman–Crippen MR) is 131 cm³/mol. The number of nitrogens with one attached hydrogen (secondary N) is 1. The zero-order valence-electron chi connectivity index (χ0n) is 18.0. The Kier molecular flexibility index (Phi) is 6.62. The maximum absolute atomic E-state index is 13.4. The van der Waals surface area contributed by atoms with Crippen LogP contribution in [0.4, 0.5) is 5.69 Å². The summed E-state index contributed by atoms with van der Waals surface area (Å²) >= 11 is 2.77. The molecule has 8 heteroatoms. The quantitative estimate of drug-likeness (QED) is 0.312. The summed E-state index contributed by atoms with van der Waals surface area (Å²) in [6.45, 7) is 4.35. The molecule has 4 aromatic rings. The normalized spacial score (nSPS) is 11.0. The molecule has 0 spiro atoms. The molecule has 2 heterocycles. The standard InChI is InChI=1S/C24H23N3O3S2/c1-15-16(2)32-22-21(15)23(29)27(13-17-8-5-4-6-9-17)24(26-22)31-14-20(28)25-18-10-7-11-19(12-18)30-3/h4-12H,13-14H2,1-3H3,(H,25,28). The van der Waals surface area contributed by atoms with E-state index in [9.17, 15) is 9.59 Å². The fourth-order valence-corrected chi connectivity index (χ4v) is 5.22. The Bertz CT molecular complexity index is 1330. The van der Waals surface area contributed by atoms with Gasteiger partial charge in [-0.15, -0.1) is 11.3 Å². The van der Waals surface area contributed by atoms with Gasteiger partial charge in [0.05, 0.1) is 24.8 Å². The zero-order chi connectivity index (χ0) is 22.7. The lowest BCUT2D eigenvalue weighted by molar-refractivity contribution is -0.113. The minimum Gasteiger partial charge on any atom is -0.497 e. The summed E-state index contributed by atoms with van der Waals surface area (Å²) in [5, 5.41) is 4.07. The first-order chi connectivity index (χ1) is 15.5. The van der Waals surface area contributed by atoms with Gasteiger partial charge in [-0.2, -0.15) is 0 Å². The molecule has 0 aliphatic carbocycles. The number of hydrogen-bond acceptors (Lipinski definition) is 6. The van der Waals surface area contributed by atoms with E-state index in [2.05, 4.69) is 5.32 Å². The van der Waals surface area contributed by atoms with E-state index in [1.807, 2.05) is 56.3 Å². The number of aryl methyl sites for hydroxylation is 2. The van der Waals surface area contributed by atoms with Crippen LogP contribution in [-0.4, -0.2) is 28.3 Å². The van der Waals surface area contributed by atoms with E-state index in [0.717, 1.165) is 16.0 Å². The van der Waals surface area contributed by atoms with Crippen molar-refractivity contribution < 1.29 is 9.53 Å². The first kappa shape index (κ1) is 22.1. The lowest BCUT2D eigenvalue weighted by Crippen LogP contribution is -2.24. The number of benzene rings is 2. The fourth-order valence-electron chi connectivity index (χ4n) is 3.35. The summed E-state index contributed by atoms with van der Waals surface area (Å²) in [7, 11) is 1.58. The molecule has 4 rings (SSSR count). The maximum atomic E-state index is 13.4. The Labute approximate surface area is 194 Å². The van der Waals surface area contributed by atoms with Crippen molar-refractivity contribution in [2.45, 2.75) is 25.5 Å². The summed E-state index contributed by atoms with van der Waals surface area (Å²) in [5.74, 6) is 0.623. The summed E-state index contributed by atoms with van der Waals surface area (Å²) in [5.41, 5.74) is 2.56. The predicted octanol–water partition coefficient (Wildman–Crippen LogP) is 4.86. The van der Waals surface area contributed by atoms with E-state index in [1.165, 1.54) is 23.1 Å². The number of carbonyl (C=O) groups excluding carboxylic acids is 1. The van der Waals surface area contributed by atoms with Crippen LogP contribution in [0.25, 0.3) is 10.2 Å². The molecular weight excluding hydrogens is 442 g/mol. The molecule has 0 unspecified atom stereocenters. The molecule has 0 aliphatic heterocycles. The Balaban J connectivity index is 1.62. The maximum Gasteiger partial charge on any atom is 0.263 e. The molecule has 32 heavy (non-hydrogen) atoms. The molecule has 0 radical (unpaired) electrons. The van der Waals surface area contributed by atoms with Crippen molar-refractivity contribution in [3.05, 3.63) is 81.0 Å². The van der Waals surface area contributed by atoms with Crippen molar-refractivity contribution in [1.29, 1.82) is 0 Å². The summed E-state index contributed by atoms with van der Waals surface area (Å²) in [6, 6.07) is 17.0. The third-order valence-electron chi connectivity index (χ3n) is 5.12. The van der Waals surface area contributed by atoms with Gasteiger partial charge in [-0.25, -0.2) is 4.98 Å². The Hall–Kier alpha value is -3.10. The third kappa shape index (κ3) is 4.71. The van der Waals surface area contributed by atoms with Crippen LogP contribution in [0.3, 0.4) is 0 Å². The number of aromatic nitrogens is 2. The van der Waals surface area contributed by atoms with Crippen LogP contribution in [0, 0.1) is 13.8 Å². The fraction of sp³-hybridized carbons (Fsp3) is 0.208. The smallest absolute Gasteiger partial charge is 0.263 e. The van der Waals surface area contributed by atoms with E-state index >= 15 is 0 Å². The number of hydrogen-bond donors (Lipinski definition) is 1. The van der Waals surface area contributed by atoms with Gasteiger partial charge in [-0.1, -0.05) is 48.2 Å². The minimum absolute atomic E-state index is 0.0728. The molecule has 1 amide bonds. The van der Waals surface area contributed by atoms with Gasteiger partial charge in [0.25, 0.3) is 5.56 Å². The van der Waals surface area contributed by atoms with Crippen LogP contribution in [0.1, 0.15) is 16.0 Å². The highest BCUT2D eigenvalue weighted by molar-refractivity contribution is 7.99. The molecule has 0 atom stereocenters. The number of ether oxygens (including phenoxy) is 1. The molecule has 2 aromatic heterocycles. The van der Waals surface area contributed by atoms with Crippen LogP contribution in [0.15, 0.2) is 64.5 Å². The molecular formula is C24H23N3O3S2. The van der Waals surface area contributed by atoms with Gasteiger partial charge >= 0.3 is 0 Å². The van der Waals surface area contributed by atoms with E-state index in [0.29, 0.717) is 33.4 Å². The molecule has 6 nitrogen and oxygen atoms in total. The highest BCUT2D eigenvalue weighted by Gasteiger charge is 2.18. The molecule has 164 valence electrons. The first-order valence-corrected chi connectivity index (χ1v) is 11.9. The van der Waals surface area contributed by atoms with E-state index in [-0.39, 0.29) is 17.2 Å². The number of nitrogens with zero attached hydrogens (tertiary/aromatic N) is 2.